The highest BCUT2D eigenvalue weighted by Crippen LogP contribution is 2.34. The van der Waals surface area contributed by atoms with Gasteiger partial charge in [0.15, 0.2) is 0 Å². The van der Waals surface area contributed by atoms with Crippen LogP contribution in [-0.4, -0.2) is 23.5 Å². The summed E-state index contributed by atoms with van der Waals surface area (Å²) < 4.78 is 0. The van der Waals surface area contributed by atoms with Gasteiger partial charge in [0.2, 0.25) is 0 Å². The van der Waals surface area contributed by atoms with E-state index in [2.05, 4.69) is 18.7 Å². The predicted octanol–water partition coefficient (Wildman–Crippen LogP) is 2.27. The Morgan fingerprint density at radius 1 is 1.09 bits per heavy atom. The third-order valence-electron chi connectivity index (χ3n) is 3.60. The van der Waals surface area contributed by atoms with Gasteiger partial charge in [-0.15, -0.1) is 0 Å². The Balaban J connectivity index is 2.07. The standard InChI is InChI=1S/C10H19N/c1-8-4-3-7-11-9(2)5-6-10(8)11/h8-10H,3-7H2,1-2H3. The first kappa shape index (κ1) is 7.60. The maximum atomic E-state index is 2.73. The van der Waals surface area contributed by atoms with Gasteiger partial charge < -0.3 is 0 Å². The van der Waals surface area contributed by atoms with E-state index in [1.807, 2.05) is 0 Å². The van der Waals surface area contributed by atoms with Crippen molar-refractivity contribution in [2.75, 3.05) is 6.54 Å². The maximum absolute atomic E-state index is 2.73. The molecule has 2 saturated heterocycles. The van der Waals surface area contributed by atoms with Gasteiger partial charge in [-0.3, -0.25) is 4.90 Å². The zero-order valence-corrected chi connectivity index (χ0v) is 7.71. The van der Waals surface area contributed by atoms with Crippen LogP contribution in [0.15, 0.2) is 0 Å². The normalized spacial score (nSPS) is 45.8. The Bertz CT molecular complexity index is 142. The zero-order valence-electron chi connectivity index (χ0n) is 7.71. The molecule has 0 radical (unpaired) electrons. The van der Waals surface area contributed by atoms with Crippen molar-refractivity contribution in [3.63, 3.8) is 0 Å². The van der Waals surface area contributed by atoms with Crippen LogP contribution in [0.25, 0.3) is 0 Å². The van der Waals surface area contributed by atoms with Gasteiger partial charge in [0.05, 0.1) is 0 Å². The predicted molar refractivity (Wildman–Crippen MR) is 47.6 cm³/mol. The van der Waals surface area contributed by atoms with Crippen LogP contribution < -0.4 is 0 Å². The minimum Gasteiger partial charge on any atom is -0.297 e. The van der Waals surface area contributed by atoms with E-state index in [-0.39, 0.29) is 0 Å². The highest BCUT2D eigenvalue weighted by atomic mass is 15.2. The minimum absolute atomic E-state index is 0.878. The van der Waals surface area contributed by atoms with E-state index in [1.165, 1.54) is 32.2 Å². The number of rotatable bonds is 0. The number of fused-ring (bicyclic) bond motifs is 1. The zero-order chi connectivity index (χ0) is 7.84. The lowest BCUT2D eigenvalue weighted by molar-refractivity contribution is 0.113. The Labute approximate surface area is 69.8 Å². The molecule has 1 heteroatoms. The number of nitrogens with zero attached hydrogens (tertiary/aromatic N) is 1. The fourth-order valence-electron chi connectivity index (χ4n) is 2.86. The molecule has 64 valence electrons. The van der Waals surface area contributed by atoms with Gasteiger partial charge in [0.25, 0.3) is 0 Å². The second kappa shape index (κ2) is 2.78. The molecule has 0 bridgehead atoms. The largest absolute Gasteiger partial charge is 0.297 e. The van der Waals surface area contributed by atoms with Crippen LogP contribution in [0.1, 0.15) is 39.5 Å². The lowest BCUT2D eigenvalue weighted by Crippen LogP contribution is -2.42. The molecule has 3 unspecified atom stereocenters. The summed E-state index contributed by atoms with van der Waals surface area (Å²) in [4.78, 5) is 2.73. The molecule has 2 aliphatic rings. The highest BCUT2D eigenvalue weighted by molar-refractivity contribution is 4.90. The van der Waals surface area contributed by atoms with Crippen LogP contribution in [0.5, 0.6) is 0 Å². The van der Waals surface area contributed by atoms with Crippen LogP contribution in [0, 0.1) is 5.92 Å². The molecule has 2 aliphatic heterocycles. The molecule has 0 spiro atoms. The van der Waals surface area contributed by atoms with E-state index in [0.717, 1.165) is 18.0 Å². The van der Waals surface area contributed by atoms with Crippen molar-refractivity contribution in [2.24, 2.45) is 5.92 Å². The quantitative estimate of drug-likeness (QED) is 0.516. The van der Waals surface area contributed by atoms with E-state index in [4.69, 9.17) is 0 Å². The lowest BCUT2D eigenvalue weighted by Gasteiger charge is -2.37. The van der Waals surface area contributed by atoms with E-state index in [1.54, 1.807) is 0 Å². The Morgan fingerprint density at radius 3 is 2.64 bits per heavy atom. The maximum Gasteiger partial charge on any atom is 0.0124 e. The minimum atomic E-state index is 0.878. The van der Waals surface area contributed by atoms with Gasteiger partial charge in [-0.25, -0.2) is 0 Å². The topological polar surface area (TPSA) is 3.24 Å². The molecule has 0 N–H and O–H groups in total. The van der Waals surface area contributed by atoms with Crippen molar-refractivity contribution in [1.29, 1.82) is 0 Å². The molecule has 0 aromatic carbocycles. The SMILES string of the molecule is CC1CCCN2C(C)CCC12. The summed E-state index contributed by atoms with van der Waals surface area (Å²) in [6.07, 6.45) is 5.80. The molecular weight excluding hydrogens is 134 g/mol. The second-order valence-electron chi connectivity index (χ2n) is 4.35. The van der Waals surface area contributed by atoms with Crippen molar-refractivity contribution >= 4 is 0 Å². The Hall–Kier alpha value is -0.0400. The van der Waals surface area contributed by atoms with E-state index >= 15 is 0 Å². The summed E-state index contributed by atoms with van der Waals surface area (Å²) in [7, 11) is 0. The van der Waals surface area contributed by atoms with Crippen molar-refractivity contribution in [3.05, 3.63) is 0 Å². The van der Waals surface area contributed by atoms with Gasteiger partial charge >= 0.3 is 0 Å². The second-order valence-corrected chi connectivity index (χ2v) is 4.35. The average molecular weight is 153 g/mol. The van der Waals surface area contributed by atoms with Crippen LogP contribution >= 0.6 is 0 Å². The molecule has 2 heterocycles. The summed E-state index contributed by atoms with van der Waals surface area (Å²) in [6, 6.07) is 1.82. The Kier molecular flexibility index (Phi) is 1.92. The van der Waals surface area contributed by atoms with Crippen LogP contribution in [-0.2, 0) is 0 Å². The van der Waals surface area contributed by atoms with Crippen molar-refractivity contribution in [3.8, 4) is 0 Å². The molecular formula is C10H19N. The van der Waals surface area contributed by atoms with Crippen LogP contribution in [0.3, 0.4) is 0 Å². The van der Waals surface area contributed by atoms with E-state index in [9.17, 15) is 0 Å². The van der Waals surface area contributed by atoms with Crippen molar-refractivity contribution < 1.29 is 0 Å². The Morgan fingerprint density at radius 2 is 1.91 bits per heavy atom. The fourth-order valence-corrected chi connectivity index (χ4v) is 2.86. The summed E-state index contributed by atoms with van der Waals surface area (Å²) in [5, 5.41) is 0. The monoisotopic (exact) mass is 153 g/mol. The number of hydrogen-bond acceptors (Lipinski definition) is 1. The van der Waals surface area contributed by atoms with Crippen LogP contribution in [0.2, 0.25) is 0 Å². The van der Waals surface area contributed by atoms with Gasteiger partial charge in [-0.2, -0.15) is 0 Å². The summed E-state index contributed by atoms with van der Waals surface area (Å²) in [6.45, 7) is 6.18. The third-order valence-corrected chi connectivity index (χ3v) is 3.60. The molecule has 11 heavy (non-hydrogen) atoms. The van der Waals surface area contributed by atoms with Gasteiger partial charge in [-0.1, -0.05) is 6.92 Å². The number of hydrogen-bond donors (Lipinski definition) is 0. The first-order valence-electron chi connectivity index (χ1n) is 5.05. The third kappa shape index (κ3) is 1.20. The smallest absolute Gasteiger partial charge is 0.0124 e. The molecule has 1 nitrogen and oxygen atoms in total. The fraction of sp³-hybridized carbons (Fsp3) is 1.00. The molecule has 0 aliphatic carbocycles. The molecule has 3 atom stereocenters. The van der Waals surface area contributed by atoms with Gasteiger partial charge in [0, 0.05) is 12.1 Å². The molecule has 0 aromatic rings. The molecule has 2 fully saturated rings. The lowest BCUT2D eigenvalue weighted by atomic mass is 9.91. The first-order valence-corrected chi connectivity index (χ1v) is 5.05. The molecule has 0 saturated carbocycles. The van der Waals surface area contributed by atoms with Crippen molar-refractivity contribution in [1.82, 2.24) is 4.90 Å². The van der Waals surface area contributed by atoms with E-state index < -0.39 is 0 Å². The molecule has 0 amide bonds. The number of piperidine rings is 1. The van der Waals surface area contributed by atoms with Gasteiger partial charge in [-0.05, 0) is 45.1 Å². The van der Waals surface area contributed by atoms with Gasteiger partial charge in [0.1, 0.15) is 0 Å². The van der Waals surface area contributed by atoms with E-state index in [0.29, 0.717) is 0 Å². The highest BCUT2D eigenvalue weighted by Gasteiger charge is 2.35. The van der Waals surface area contributed by atoms with Crippen molar-refractivity contribution in [2.45, 2.75) is 51.6 Å². The summed E-state index contributed by atoms with van der Waals surface area (Å²) in [5.74, 6) is 0.966. The van der Waals surface area contributed by atoms with Crippen LogP contribution in [0.4, 0.5) is 0 Å². The summed E-state index contributed by atoms with van der Waals surface area (Å²) in [5.41, 5.74) is 0. The average Bonchev–Trinajstić information content (AvgIpc) is 2.35. The first-order chi connectivity index (χ1) is 5.29. The molecule has 0 aromatic heterocycles. The molecule has 2 rings (SSSR count). The summed E-state index contributed by atoms with van der Waals surface area (Å²) >= 11 is 0.